The number of hydrogen-bond donors (Lipinski definition) is 0. The van der Waals surface area contributed by atoms with Crippen LogP contribution in [0.4, 0.5) is 0 Å². The lowest BCUT2D eigenvalue weighted by atomic mass is 9.91. The van der Waals surface area contributed by atoms with Crippen molar-refractivity contribution in [1.82, 2.24) is 9.97 Å². The third-order valence-corrected chi connectivity index (χ3v) is 8.10. The fourth-order valence-electron chi connectivity index (χ4n) is 6.32. The molecule has 0 bridgehead atoms. The number of nitrogens with zero attached hydrogens (tertiary/aromatic N) is 2. The van der Waals surface area contributed by atoms with Gasteiger partial charge in [0.05, 0.1) is 16.6 Å². The van der Waals surface area contributed by atoms with Gasteiger partial charge in [-0.2, -0.15) is 0 Å². The lowest BCUT2D eigenvalue weighted by Gasteiger charge is -2.20. The van der Waals surface area contributed by atoms with Crippen LogP contribution in [0.1, 0.15) is 0 Å². The molecular weight excluding hydrogens is 476 g/mol. The smallest absolute Gasteiger partial charge is 0.229 e. The molecule has 0 amide bonds. The Morgan fingerprint density at radius 1 is 0.487 bits per heavy atom. The maximum atomic E-state index is 6.25. The summed E-state index contributed by atoms with van der Waals surface area (Å²) >= 11 is 0. The van der Waals surface area contributed by atoms with Crippen LogP contribution < -0.4 is 4.74 Å². The Balaban J connectivity index is 1.31. The van der Waals surface area contributed by atoms with Gasteiger partial charge in [0.1, 0.15) is 5.75 Å². The number of para-hydroxylation sites is 1. The molecule has 0 unspecified atom stereocenters. The second kappa shape index (κ2) is 7.62. The number of ether oxygens (including phenoxy) is 1. The van der Waals surface area contributed by atoms with Crippen molar-refractivity contribution in [2.24, 2.45) is 0 Å². The predicted molar refractivity (Wildman–Crippen MR) is 161 cm³/mol. The average Bonchev–Trinajstić information content (AvgIpc) is 3.01. The van der Waals surface area contributed by atoms with Crippen molar-refractivity contribution >= 4 is 54.0 Å². The lowest BCUT2D eigenvalue weighted by Crippen LogP contribution is -2.01. The Labute approximate surface area is 224 Å². The molecule has 0 saturated heterocycles. The van der Waals surface area contributed by atoms with E-state index in [1.807, 2.05) is 24.4 Å². The second-order valence-corrected chi connectivity index (χ2v) is 10.2. The lowest BCUT2D eigenvalue weighted by molar-refractivity contribution is 0.469. The topological polar surface area (TPSA) is 35.0 Å². The first-order chi connectivity index (χ1) is 19.3. The summed E-state index contributed by atoms with van der Waals surface area (Å²) in [7, 11) is 0. The molecular formula is C36H20N2O. The maximum Gasteiger partial charge on any atom is 0.229 e. The molecule has 1 aliphatic rings. The van der Waals surface area contributed by atoms with E-state index in [1.54, 1.807) is 0 Å². The molecule has 0 radical (unpaired) electrons. The first-order valence-electron chi connectivity index (χ1n) is 13.2. The third kappa shape index (κ3) is 2.87. The van der Waals surface area contributed by atoms with Gasteiger partial charge in [-0.1, -0.05) is 78.9 Å². The summed E-state index contributed by atoms with van der Waals surface area (Å²) in [4.78, 5) is 9.66. The highest BCUT2D eigenvalue weighted by atomic mass is 16.5. The molecule has 0 saturated carbocycles. The number of fused-ring (bicyclic) bond motifs is 10. The van der Waals surface area contributed by atoms with Gasteiger partial charge in [-0.25, -0.2) is 4.98 Å². The van der Waals surface area contributed by atoms with E-state index >= 15 is 0 Å². The highest BCUT2D eigenvalue weighted by Gasteiger charge is 2.23. The van der Waals surface area contributed by atoms with Crippen molar-refractivity contribution in [2.45, 2.75) is 0 Å². The number of aromatic nitrogens is 2. The molecule has 3 heterocycles. The summed E-state index contributed by atoms with van der Waals surface area (Å²) in [5.74, 6) is 1.42. The molecule has 3 heteroatoms. The quantitative estimate of drug-likeness (QED) is 0.212. The Bertz CT molecular complexity index is 2280. The minimum absolute atomic E-state index is 0.621. The summed E-state index contributed by atoms with van der Waals surface area (Å²) in [5, 5.41) is 10.9. The van der Waals surface area contributed by atoms with Crippen molar-refractivity contribution in [2.75, 3.05) is 0 Å². The van der Waals surface area contributed by atoms with Crippen LogP contribution in [0.5, 0.6) is 11.6 Å². The molecule has 3 nitrogen and oxygen atoms in total. The maximum absolute atomic E-state index is 6.25. The summed E-state index contributed by atoms with van der Waals surface area (Å²) in [6.07, 6.45) is 1.89. The molecule has 39 heavy (non-hydrogen) atoms. The van der Waals surface area contributed by atoms with Gasteiger partial charge in [0.25, 0.3) is 0 Å². The normalized spacial score (nSPS) is 12.3. The van der Waals surface area contributed by atoms with Gasteiger partial charge in [0.15, 0.2) is 0 Å². The predicted octanol–water partition coefficient (Wildman–Crippen LogP) is 9.68. The summed E-state index contributed by atoms with van der Waals surface area (Å²) in [6, 6.07) is 40.9. The summed E-state index contributed by atoms with van der Waals surface area (Å²) in [6.45, 7) is 0. The van der Waals surface area contributed by atoms with Crippen LogP contribution in [0.3, 0.4) is 0 Å². The average molecular weight is 497 g/mol. The number of benzene rings is 6. The van der Waals surface area contributed by atoms with E-state index in [0.717, 1.165) is 44.2 Å². The fourth-order valence-corrected chi connectivity index (χ4v) is 6.32. The molecule has 9 rings (SSSR count). The molecule has 0 aliphatic carbocycles. The number of hydrogen-bond acceptors (Lipinski definition) is 3. The van der Waals surface area contributed by atoms with Gasteiger partial charge in [-0.15, -0.1) is 0 Å². The minimum atomic E-state index is 0.621. The Kier molecular flexibility index (Phi) is 4.05. The molecule has 2 aromatic heterocycles. The molecule has 6 aromatic carbocycles. The van der Waals surface area contributed by atoms with Crippen LogP contribution in [0, 0.1) is 0 Å². The molecule has 0 fully saturated rings. The van der Waals surface area contributed by atoms with Gasteiger partial charge in [0, 0.05) is 22.5 Å². The van der Waals surface area contributed by atoms with E-state index in [2.05, 4.69) is 97.1 Å². The molecule has 0 spiro atoms. The van der Waals surface area contributed by atoms with Crippen LogP contribution in [0.2, 0.25) is 0 Å². The highest BCUT2D eigenvalue weighted by Crippen LogP contribution is 2.46. The van der Waals surface area contributed by atoms with Crippen molar-refractivity contribution in [3.63, 3.8) is 0 Å². The van der Waals surface area contributed by atoms with Crippen LogP contribution in [-0.4, -0.2) is 9.97 Å². The largest absolute Gasteiger partial charge is 0.438 e. The fraction of sp³-hybridized carbons (Fsp3) is 0. The van der Waals surface area contributed by atoms with Crippen LogP contribution in [0.15, 0.2) is 121 Å². The minimum Gasteiger partial charge on any atom is -0.438 e. The van der Waals surface area contributed by atoms with E-state index in [0.29, 0.717) is 5.88 Å². The second-order valence-electron chi connectivity index (χ2n) is 10.2. The zero-order valence-electron chi connectivity index (χ0n) is 20.8. The summed E-state index contributed by atoms with van der Waals surface area (Å²) < 4.78 is 6.25. The highest BCUT2D eigenvalue weighted by molar-refractivity contribution is 6.25. The van der Waals surface area contributed by atoms with E-state index in [1.165, 1.54) is 37.9 Å². The molecule has 1 aliphatic heterocycles. The van der Waals surface area contributed by atoms with Crippen LogP contribution >= 0.6 is 0 Å². The summed E-state index contributed by atoms with van der Waals surface area (Å²) in [5.41, 5.74) is 5.18. The van der Waals surface area contributed by atoms with Crippen molar-refractivity contribution < 1.29 is 4.74 Å². The van der Waals surface area contributed by atoms with E-state index in [9.17, 15) is 0 Å². The van der Waals surface area contributed by atoms with Gasteiger partial charge in [0.2, 0.25) is 5.88 Å². The van der Waals surface area contributed by atoms with Gasteiger partial charge >= 0.3 is 0 Å². The van der Waals surface area contributed by atoms with Crippen molar-refractivity contribution in [1.29, 1.82) is 0 Å². The van der Waals surface area contributed by atoms with Crippen LogP contribution in [-0.2, 0) is 0 Å². The zero-order chi connectivity index (χ0) is 25.5. The Morgan fingerprint density at radius 2 is 1.10 bits per heavy atom. The molecule has 180 valence electrons. The molecule has 8 aromatic rings. The van der Waals surface area contributed by atoms with Crippen LogP contribution in [0.25, 0.3) is 76.4 Å². The molecule has 0 N–H and O–H groups in total. The SMILES string of the molecule is c1ccc2c(c1)Oc1nc3ccc(-c4ccc5c6ccccc6c6ccccc6c5c4)cc3c3ccnc-2c13. The Hall–Kier alpha value is -5.28. The van der Waals surface area contributed by atoms with E-state index in [4.69, 9.17) is 14.7 Å². The first kappa shape index (κ1) is 20.7. The van der Waals surface area contributed by atoms with E-state index < -0.39 is 0 Å². The van der Waals surface area contributed by atoms with E-state index in [-0.39, 0.29) is 0 Å². The van der Waals surface area contributed by atoms with Crippen molar-refractivity contribution in [3.8, 4) is 34.0 Å². The molecule has 0 atom stereocenters. The zero-order valence-corrected chi connectivity index (χ0v) is 20.8. The Morgan fingerprint density at radius 3 is 1.87 bits per heavy atom. The van der Waals surface area contributed by atoms with Crippen molar-refractivity contribution in [3.05, 3.63) is 121 Å². The van der Waals surface area contributed by atoms with Gasteiger partial charge in [-0.05, 0) is 79.8 Å². The monoisotopic (exact) mass is 496 g/mol. The number of rotatable bonds is 1. The first-order valence-corrected chi connectivity index (χ1v) is 13.2. The van der Waals surface area contributed by atoms with Gasteiger partial charge in [-0.3, -0.25) is 4.98 Å². The number of pyridine rings is 2. The third-order valence-electron chi connectivity index (χ3n) is 8.10. The van der Waals surface area contributed by atoms with Gasteiger partial charge < -0.3 is 4.74 Å². The standard InChI is InChI=1S/C36H20N2O/c1-2-9-25-23(7-1)24-8-3-4-10-26(24)30-19-21(13-15-27(25)30)22-14-16-32-31(20-22)28-17-18-37-35-29-11-5-6-12-33(29)39-36(38-32)34(28)35/h1-20H.